The highest BCUT2D eigenvalue weighted by Gasteiger charge is 2.13. The maximum Gasteiger partial charge on any atom is 0.313 e. The molecule has 0 aliphatic carbocycles. The van der Waals surface area contributed by atoms with Gasteiger partial charge in [-0.15, -0.1) is 0 Å². The number of hydrogen-bond acceptors (Lipinski definition) is 4. The second-order valence-corrected chi connectivity index (χ2v) is 3.66. The summed E-state index contributed by atoms with van der Waals surface area (Å²) in [6, 6.07) is 0. The highest BCUT2D eigenvalue weighted by molar-refractivity contribution is 6.31. The fourth-order valence-corrected chi connectivity index (χ4v) is 1.32. The van der Waals surface area contributed by atoms with Crippen molar-refractivity contribution >= 4 is 23.4 Å². The van der Waals surface area contributed by atoms with Crippen LogP contribution in [0.4, 0.5) is 0 Å². The molecule has 1 rings (SSSR count). The van der Waals surface area contributed by atoms with E-state index in [1.54, 1.807) is 13.8 Å². The lowest BCUT2D eigenvalue weighted by Gasteiger charge is -2.03. The molecule has 0 spiro atoms. The molecular formula is C10H13ClN2O3. The van der Waals surface area contributed by atoms with Crippen LogP contribution in [0.3, 0.4) is 0 Å². The lowest BCUT2D eigenvalue weighted by Crippen LogP contribution is -2.17. The molecule has 0 fully saturated rings. The zero-order valence-corrected chi connectivity index (χ0v) is 9.95. The molecule has 0 unspecified atom stereocenters. The molecule has 0 N–H and O–H groups in total. The van der Waals surface area contributed by atoms with E-state index in [-0.39, 0.29) is 25.4 Å². The standard InChI is InChI=1S/C10H13ClN2O3/c1-3-16-10(15)4-8(14)6-13-7(2)9(11)5-12-13/h5H,3-4,6H2,1-2H3. The monoisotopic (exact) mass is 244 g/mol. The van der Waals surface area contributed by atoms with E-state index in [0.717, 1.165) is 0 Å². The Balaban J connectivity index is 2.52. The van der Waals surface area contributed by atoms with Crippen LogP contribution in [0.1, 0.15) is 19.0 Å². The van der Waals surface area contributed by atoms with E-state index in [4.69, 9.17) is 11.6 Å². The molecule has 1 heterocycles. The summed E-state index contributed by atoms with van der Waals surface area (Å²) in [7, 11) is 0. The Morgan fingerprint density at radius 1 is 1.56 bits per heavy atom. The Kier molecular flexibility index (Phi) is 4.49. The number of nitrogens with zero attached hydrogens (tertiary/aromatic N) is 2. The summed E-state index contributed by atoms with van der Waals surface area (Å²) in [5.74, 6) is -0.760. The number of carbonyl (C=O) groups excluding carboxylic acids is 2. The number of aromatic nitrogens is 2. The number of ketones is 1. The van der Waals surface area contributed by atoms with Crippen molar-refractivity contribution in [2.24, 2.45) is 0 Å². The van der Waals surface area contributed by atoms with Gasteiger partial charge in [0.15, 0.2) is 5.78 Å². The summed E-state index contributed by atoms with van der Waals surface area (Å²) >= 11 is 5.78. The van der Waals surface area contributed by atoms with E-state index >= 15 is 0 Å². The van der Waals surface area contributed by atoms with Crippen molar-refractivity contribution in [1.82, 2.24) is 9.78 Å². The van der Waals surface area contributed by atoms with Crippen LogP contribution in [0.2, 0.25) is 5.02 Å². The van der Waals surface area contributed by atoms with Crippen LogP contribution in [0.15, 0.2) is 6.20 Å². The zero-order valence-electron chi connectivity index (χ0n) is 9.20. The van der Waals surface area contributed by atoms with Crippen LogP contribution in [-0.2, 0) is 20.9 Å². The maximum atomic E-state index is 11.5. The van der Waals surface area contributed by atoms with Crippen LogP contribution in [-0.4, -0.2) is 28.1 Å². The van der Waals surface area contributed by atoms with E-state index in [1.165, 1.54) is 10.9 Å². The molecule has 0 aliphatic heterocycles. The van der Waals surface area contributed by atoms with Gasteiger partial charge >= 0.3 is 5.97 Å². The van der Waals surface area contributed by atoms with Crippen molar-refractivity contribution in [3.05, 3.63) is 16.9 Å². The molecule has 0 bridgehead atoms. The van der Waals surface area contributed by atoms with Gasteiger partial charge in [-0.25, -0.2) is 0 Å². The van der Waals surface area contributed by atoms with E-state index in [9.17, 15) is 9.59 Å². The van der Waals surface area contributed by atoms with Gasteiger partial charge in [0.2, 0.25) is 0 Å². The van der Waals surface area contributed by atoms with Crippen LogP contribution in [0.25, 0.3) is 0 Å². The molecule has 1 aromatic heterocycles. The number of rotatable bonds is 5. The van der Waals surface area contributed by atoms with Crippen LogP contribution >= 0.6 is 11.6 Å². The van der Waals surface area contributed by atoms with E-state index in [2.05, 4.69) is 9.84 Å². The first-order valence-corrected chi connectivity index (χ1v) is 5.27. The summed E-state index contributed by atoms with van der Waals surface area (Å²) in [6.07, 6.45) is 1.24. The van der Waals surface area contributed by atoms with Gasteiger partial charge in [-0.3, -0.25) is 14.3 Å². The predicted octanol–water partition coefficient (Wildman–Crippen LogP) is 1.37. The molecule has 0 radical (unpaired) electrons. The molecule has 0 saturated heterocycles. The van der Waals surface area contributed by atoms with Gasteiger partial charge in [-0.1, -0.05) is 11.6 Å². The molecule has 1 aromatic rings. The highest BCUT2D eigenvalue weighted by atomic mass is 35.5. The van der Waals surface area contributed by atoms with Gasteiger partial charge in [0.05, 0.1) is 23.5 Å². The van der Waals surface area contributed by atoms with Gasteiger partial charge in [-0.2, -0.15) is 5.10 Å². The normalized spacial score (nSPS) is 10.2. The highest BCUT2D eigenvalue weighted by Crippen LogP contribution is 2.13. The first-order valence-electron chi connectivity index (χ1n) is 4.89. The molecular weight excluding hydrogens is 232 g/mol. The first-order chi connectivity index (χ1) is 7.54. The molecule has 88 valence electrons. The minimum absolute atomic E-state index is 0.0391. The van der Waals surface area contributed by atoms with E-state index < -0.39 is 5.97 Å². The largest absolute Gasteiger partial charge is 0.466 e. The molecule has 0 saturated carbocycles. The zero-order chi connectivity index (χ0) is 12.1. The SMILES string of the molecule is CCOC(=O)CC(=O)Cn1ncc(Cl)c1C. The summed E-state index contributed by atoms with van der Waals surface area (Å²) in [4.78, 5) is 22.5. The van der Waals surface area contributed by atoms with Gasteiger partial charge in [-0.05, 0) is 13.8 Å². The fraction of sp³-hybridized carbons (Fsp3) is 0.500. The minimum Gasteiger partial charge on any atom is -0.466 e. The second-order valence-electron chi connectivity index (χ2n) is 3.26. The Morgan fingerprint density at radius 2 is 2.25 bits per heavy atom. The quantitative estimate of drug-likeness (QED) is 0.580. The third-order valence-electron chi connectivity index (χ3n) is 2.02. The van der Waals surface area contributed by atoms with Crippen LogP contribution in [0.5, 0.6) is 0 Å². The third kappa shape index (κ3) is 3.34. The smallest absolute Gasteiger partial charge is 0.313 e. The molecule has 0 amide bonds. The third-order valence-corrected chi connectivity index (χ3v) is 2.39. The number of hydrogen-bond donors (Lipinski definition) is 0. The lowest BCUT2D eigenvalue weighted by molar-refractivity contribution is -0.145. The summed E-state index contributed by atoms with van der Waals surface area (Å²) < 4.78 is 6.13. The van der Waals surface area contributed by atoms with E-state index in [1.807, 2.05) is 0 Å². The van der Waals surface area contributed by atoms with Crippen molar-refractivity contribution in [1.29, 1.82) is 0 Å². The molecule has 16 heavy (non-hydrogen) atoms. The van der Waals surface area contributed by atoms with E-state index in [0.29, 0.717) is 10.7 Å². The van der Waals surface area contributed by atoms with Gasteiger partial charge < -0.3 is 4.74 Å². The van der Waals surface area contributed by atoms with Crippen molar-refractivity contribution in [3.63, 3.8) is 0 Å². The van der Waals surface area contributed by atoms with Crippen molar-refractivity contribution in [2.45, 2.75) is 26.8 Å². The predicted molar refractivity (Wildman–Crippen MR) is 58.2 cm³/mol. The van der Waals surface area contributed by atoms with Crippen LogP contribution in [0, 0.1) is 6.92 Å². The Hall–Kier alpha value is -1.36. The topological polar surface area (TPSA) is 61.2 Å². The number of esters is 1. The summed E-state index contributed by atoms with van der Waals surface area (Å²) in [5, 5.41) is 4.42. The van der Waals surface area contributed by atoms with Crippen molar-refractivity contribution in [3.8, 4) is 0 Å². The van der Waals surface area contributed by atoms with Gasteiger partial charge in [0.1, 0.15) is 13.0 Å². The summed E-state index contributed by atoms with van der Waals surface area (Å²) in [5.41, 5.74) is 0.707. The minimum atomic E-state index is -0.511. The summed E-state index contributed by atoms with van der Waals surface area (Å²) in [6.45, 7) is 3.77. The number of Topliss-reactive ketones (excluding diaryl/α,β-unsaturated/α-hetero) is 1. The Bertz CT molecular complexity index is 401. The fourth-order valence-electron chi connectivity index (χ4n) is 1.18. The first kappa shape index (κ1) is 12.7. The van der Waals surface area contributed by atoms with Crippen molar-refractivity contribution in [2.75, 3.05) is 6.61 Å². The molecule has 0 aliphatic rings. The van der Waals surface area contributed by atoms with Crippen molar-refractivity contribution < 1.29 is 14.3 Å². The maximum absolute atomic E-state index is 11.5. The average molecular weight is 245 g/mol. The lowest BCUT2D eigenvalue weighted by atomic mass is 10.3. The number of ether oxygens (including phenoxy) is 1. The number of halogens is 1. The molecule has 0 atom stereocenters. The second kappa shape index (κ2) is 5.65. The molecule has 5 nitrogen and oxygen atoms in total. The molecule has 6 heteroatoms. The Labute approximate surface area is 98.3 Å². The number of carbonyl (C=O) groups is 2. The van der Waals surface area contributed by atoms with Gasteiger partial charge in [0.25, 0.3) is 0 Å². The van der Waals surface area contributed by atoms with Crippen LogP contribution < -0.4 is 0 Å². The average Bonchev–Trinajstić information content (AvgIpc) is 2.50. The Morgan fingerprint density at radius 3 is 2.75 bits per heavy atom. The van der Waals surface area contributed by atoms with Gasteiger partial charge in [0, 0.05) is 0 Å². The molecule has 0 aromatic carbocycles.